The van der Waals surface area contributed by atoms with Gasteiger partial charge in [0.1, 0.15) is 5.78 Å². The first-order valence-corrected chi connectivity index (χ1v) is 6.92. The zero-order valence-electron chi connectivity index (χ0n) is 14.9. The van der Waals surface area contributed by atoms with E-state index in [4.69, 9.17) is 4.11 Å². The number of ketones is 1. The molecule has 1 saturated heterocycles. The number of unbranched alkanes of at least 4 members (excludes halogenated alkanes) is 1. The van der Waals surface area contributed by atoms with Crippen LogP contribution in [-0.2, 0) is 9.59 Å². The van der Waals surface area contributed by atoms with Crippen molar-refractivity contribution in [2.24, 2.45) is 5.92 Å². The Bertz CT molecular complexity index is 557. The monoisotopic (exact) mass is 281 g/mol. The second-order valence-corrected chi connectivity index (χ2v) is 5.49. The van der Waals surface area contributed by atoms with E-state index in [1.807, 2.05) is 13.0 Å². The van der Waals surface area contributed by atoms with Gasteiger partial charge in [0, 0.05) is 24.1 Å². The van der Waals surface area contributed by atoms with Crippen LogP contribution >= 0.6 is 0 Å². The number of Topliss-reactive ketones (excluding diaryl/α,β-unsaturated/α-hetero) is 1. The minimum absolute atomic E-state index is 0.0620. The molecular formula is C15H22N2O3. The van der Waals surface area contributed by atoms with Gasteiger partial charge in [-0.15, -0.1) is 0 Å². The van der Waals surface area contributed by atoms with E-state index in [1.54, 1.807) is 11.9 Å². The van der Waals surface area contributed by atoms with Gasteiger partial charge in [0.2, 0.25) is 5.91 Å². The van der Waals surface area contributed by atoms with Gasteiger partial charge >= 0.3 is 6.03 Å². The Balaban J connectivity index is 1.92. The molecule has 1 aliphatic heterocycles. The van der Waals surface area contributed by atoms with Gasteiger partial charge in [-0.1, -0.05) is 11.6 Å². The Hall–Kier alpha value is -1.65. The number of carbonyl (C=O) groups excluding carboxylic acids is 3. The van der Waals surface area contributed by atoms with Crippen molar-refractivity contribution in [3.8, 4) is 0 Å². The summed E-state index contributed by atoms with van der Waals surface area (Å²) in [5.74, 6) is -1.24. The molecule has 0 spiro atoms. The highest BCUT2D eigenvalue weighted by molar-refractivity contribution is 6.00. The summed E-state index contributed by atoms with van der Waals surface area (Å²) < 4.78 is 21.0. The Labute approximate surface area is 123 Å². The van der Waals surface area contributed by atoms with E-state index in [2.05, 4.69) is 0 Å². The van der Waals surface area contributed by atoms with Gasteiger partial charge in [-0.2, -0.15) is 0 Å². The third kappa shape index (κ3) is 2.62. The first-order valence-electron chi connectivity index (χ1n) is 8.42. The Morgan fingerprint density at radius 3 is 2.90 bits per heavy atom. The van der Waals surface area contributed by atoms with Crippen LogP contribution in [0.5, 0.6) is 0 Å². The first-order chi connectivity index (χ1) is 10.6. The maximum absolute atomic E-state index is 12.5. The standard InChI is InChI=1S/C15H22N2O3/c1-10-7-8-12-13(10)14(19)17(15(20)16(12)3)9-5-4-6-11(2)18/h7,12-13H,4-6,8-9H2,1-3H3/i2D3. The van der Waals surface area contributed by atoms with Crippen molar-refractivity contribution in [1.82, 2.24) is 9.80 Å². The Kier molecular flexibility index (Phi) is 3.19. The maximum Gasteiger partial charge on any atom is 0.326 e. The number of rotatable bonds is 5. The summed E-state index contributed by atoms with van der Waals surface area (Å²) in [7, 11) is 1.70. The summed E-state index contributed by atoms with van der Waals surface area (Å²) in [6, 6.07) is -0.412. The fourth-order valence-corrected chi connectivity index (χ4v) is 2.97. The molecule has 3 amide bonds. The SMILES string of the molecule is [2H]C([2H])([2H])C(=O)CCCCN1C(=O)C2C(C)=CCC2N(C)C1=O. The fourth-order valence-electron chi connectivity index (χ4n) is 2.97. The van der Waals surface area contributed by atoms with Crippen molar-refractivity contribution in [2.45, 2.75) is 45.5 Å². The van der Waals surface area contributed by atoms with Crippen LogP contribution in [0.25, 0.3) is 0 Å². The number of hydrogen-bond acceptors (Lipinski definition) is 3. The van der Waals surface area contributed by atoms with Crippen LogP contribution in [0.4, 0.5) is 4.79 Å². The van der Waals surface area contributed by atoms with Crippen LogP contribution in [0.2, 0.25) is 0 Å². The molecule has 5 heteroatoms. The molecule has 5 nitrogen and oxygen atoms in total. The number of fused-ring (bicyclic) bond motifs is 1. The minimum atomic E-state index is -2.57. The largest absolute Gasteiger partial charge is 0.326 e. The zero-order valence-corrected chi connectivity index (χ0v) is 11.9. The van der Waals surface area contributed by atoms with Crippen molar-refractivity contribution < 1.29 is 18.5 Å². The number of carbonyl (C=O) groups is 3. The van der Waals surface area contributed by atoms with E-state index in [0.717, 1.165) is 5.57 Å². The van der Waals surface area contributed by atoms with Crippen LogP contribution < -0.4 is 0 Å². The average Bonchev–Trinajstić information content (AvgIpc) is 2.85. The number of imide groups is 1. The molecular weight excluding hydrogens is 256 g/mol. The molecule has 0 radical (unpaired) electrons. The van der Waals surface area contributed by atoms with Crippen LogP contribution in [0.3, 0.4) is 0 Å². The number of amides is 3. The highest BCUT2D eigenvalue weighted by Crippen LogP contribution is 2.35. The fraction of sp³-hybridized carbons (Fsp3) is 0.667. The van der Waals surface area contributed by atoms with Gasteiger partial charge < -0.3 is 9.69 Å². The third-order valence-electron chi connectivity index (χ3n) is 4.15. The van der Waals surface area contributed by atoms with Gasteiger partial charge in [-0.05, 0) is 33.0 Å². The molecule has 110 valence electrons. The Morgan fingerprint density at radius 1 is 1.45 bits per heavy atom. The molecule has 0 aromatic rings. The lowest BCUT2D eigenvalue weighted by atomic mass is 9.93. The normalized spacial score (nSPS) is 28.7. The van der Waals surface area contributed by atoms with Crippen LogP contribution in [-0.4, -0.2) is 47.2 Å². The van der Waals surface area contributed by atoms with Crippen molar-refractivity contribution in [2.75, 3.05) is 13.6 Å². The van der Waals surface area contributed by atoms with Gasteiger partial charge in [-0.3, -0.25) is 9.69 Å². The third-order valence-corrected chi connectivity index (χ3v) is 4.15. The molecule has 1 aliphatic carbocycles. The predicted octanol–water partition coefficient (Wildman–Crippen LogP) is 1.97. The zero-order chi connectivity index (χ0) is 17.4. The summed E-state index contributed by atoms with van der Waals surface area (Å²) in [6.45, 7) is -0.456. The number of urea groups is 1. The lowest BCUT2D eigenvalue weighted by Gasteiger charge is -2.40. The molecule has 0 aromatic carbocycles. The molecule has 2 aliphatic rings. The molecule has 1 heterocycles. The van der Waals surface area contributed by atoms with Gasteiger partial charge in [0.25, 0.3) is 0 Å². The molecule has 2 unspecified atom stereocenters. The Morgan fingerprint density at radius 2 is 2.20 bits per heavy atom. The van der Waals surface area contributed by atoms with E-state index in [1.165, 1.54) is 4.90 Å². The summed E-state index contributed by atoms with van der Waals surface area (Å²) in [4.78, 5) is 39.1. The van der Waals surface area contributed by atoms with Crippen molar-refractivity contribution >= 4 is 17.7 Å². The van der Waals surface area contributed by atoms with Gasteiger partial charge in [0.15, 0.2) is 0 Å². The highest BCUT2D eigenvalue weighted by atomic mass is 16.2. The molecule has 0 saturated carbocycles. The van der Waals surface area contributed by atoms with E-state index in [9.17, 15) is 14.4 Å². The molecule has 0 aromatic heterocycles. The molecule has 0 N–H and O–H groups in total. The molecule has 0 bridgehead atoms. The van der Waals surface area contributed by atoms with Crippen molar-refractivity contribution in [3.63, 3.8) is 0 Å². The first kappa shape index (κ1) is 11.1. The molecule has 1 fully saturated rings. The minimum Gasteiger partial charge on any atom is -0.323 e. The second-order valence-electron chi connectivity index (χ2n) is 5.49. The van der Waals surface area contributed by atoms with E-state index in [-0.39, 0.29) is 36.9 Å². The molecule has 2 atom stereocenters. The summed E-state index contributed by atoms with van der Waals surface area (Å²) in [5.41, 5.74) is 0.988. The van der Waals surface area contributed by atoms with Crippen molar-refractivity contribution in [1.29, 1.82) is 0 Å². The summed E-state index contributed by atoms with van der Waals surface area (Å²) in [5, 5.41) is 0. The maximum atomic E-state index is 12.5. The molecule has 2 rings (SSSR count). The average molecular weight is 281 g/mol. The number of nitrogens with zero attached hydrogens (tertiary/aromatic N) is 2. The van der Waals surface area contributed by atoms with Crippen LogP contribution in [0, 0.1) is 5.92 Å². The van der Waals surface area contributed by atoms with Gasteiger partial charge in [0.05, 0.1) is 12.0 Å². The lowest BCUT2D eigenvalue weighted by Crippen LogP contribution is -2.59. The lowest BCUT2D eigenvalue weighted by molar-refractivity contribution is -0.136. The predicted molar refractivity (Wildman–Crippen MR) is 75.1 cm³/mol. The van der Waals surface area contributed by atoms with Crippen molar-refractivity contribution in [3.05, 3.63) is 11.6 Å². The quantitative estimate of drug-likeness (QED) is 0.572. The van der Waals surface area contributed by atoms with Gasteiger partial charge in [-0.25, -0.2) is 4.79 Å². The smallest absolute Gasteiger partial charge is 0.323 e. The van der Waals surface area contributed by atoms with E-state index < -0.39 is 12.6 Å². The van der Waals surface area contributed by atoms with E-state index >= 15 is 0 Å². The highest BCUT2D eigenvalue weighted by Gasteiger charge is 2.46. The van der Waals surface area contributed by atoms with Crippen LogP contribution in [0.15, 0.2) is 11.6 Å². The summed E-state index contributed by atoms with van der Waals surface area (Å²) >= 11 is 0. The second kappa shape index (κ2) is 5.77. The van der Waals surface area contributed by atoms with E-state index in [0.29, 0.717) is 19.3 Å². The molecule has 20 heavy (non-hydrogen) atoms. The summed E-state index contributed by atoms with van der Waals surface area (Å²) in [6.07, 6.45) is 3.41. The number of hydrogen-bond donors (Lipinski definition) is 0. The van der Waals surface area contributed by atoms with Crippen LogP contribution in [0.1, 0.15) is 43.6 Å². The topological polar surface area (TPSA) is 57.7 Å².